The Kier molecular flexibility index (Phi) is 7.49. The summed E-state index contributed by atoms with van der Waals surface area (Å²) in [5.41, 5.74) is 0.632. The zero-order valence-corrected chi connectivity index (χ0v) is 16.9. The predicted molar refractivity (Wildman–Crippen MR) is 104 cm³/mol. The second kappa shape index (κ2) is 8.91. The van der Waals surface area contributed by atoms with Gasteiger partial charge >= 0.3 is 0 Å². The summed E-state index contributed by atoms with van der Waals surface area (Å²) in [6.07, 6.45) is 17.9. The summed E-state index contributed by atoms with van der Waals surface area (Å²) in [5, 5.41) is 0. The normalized spacial score (nSPS) is 39.4. The van der Waals surface area contributed by atoms with Crippen LogP contribution in [0.3, 0.4) is 0 Å². The molecule has 23 heavy (non-hydrogen) atoms. The Balaban J connectivity index is 2.03. The maximum atomic E-state index is 2.67. The third kappa shape index (κ3) is 4.76. The van der Waals surface area contributed by atoms with Crippen LogP contribution in [0.2, 0.25) is 0 Å². The lowest BCUT2D eigenvalue weighted by atomic mass is 9.64. The topological polar surface area (TPSA) is 0 Å². The molecule has 2 saturated carbocycles. The minimum atomic E-state index is 0.632. The highest BCUT2D eigenvalue weighted by molar-refractivity contribution is 4.96. The van der Waals surface area contributed by atoms with Gasteiger partial charge in [-0.2, -0.15) is 0 Å². The van der Waals surface area contributed by atoms with E-state index in [-0.39, 0.29) is 0 Å². The van der Waals surface area contributed by atoms with Crippen LogP contribution in [-0.4, -0.2) is 0 Å². The lowest BCUT2D eigenvalue weighted by molar-refractivity contribution is 0.0847. The summed E-state index contributed by atoms with van der Waals surface area (Å²) in [6.45, 7) is 12.4. The molecule has 0 spiro atoms. The molecule has 2 fully saturated rings. The molecule has 0 amide bonds. The number of hydrogen-bond donors (Lipinski definition) is 0. The monoisotopic (exact) mass is 320 g/mol. The standard InChI is InChI=1S/C23H44/c1-6-15-23(5)21(13-14-22(23)18(3)4)17-20-12-10-8-9-11-19(7-2)16-20/h18-22H,6-17H2,1-5H3/t19-,20?,21?,22?,23?/m0/s1. The fourth-order valence-electron chi connectivity index (χ4n) is 6.49. The fourth-order valence-corrected chi connectivity index (χ4v) is 6.49. The Morgan fingerprint density at radius 2 is 1.61 bits per heavy atom. The summed E-state index contributed by atoms with van der Waals surface area (Å²) in [5.74, 6) is 4.92. The van der Waals surface area contributed by atoms with E-state index < -0.39 is 0 Å². The fraction of sp³-hybridized carbons (Fsp3) is 1.00. The van der Waals surface area contributed by atoms with Gasteiger partial charge in [0.15, 0.2) is 0 Å². The van der Waals surface area contributed by atoms with Gasteiger partial charge in [-0.15, -0.1) is 0 Å². The first-order valence-corrected chi connectivity index (χ1v) is 11.0. The summed E-state index contributed by atoms with van der Waals surface area (Å²) >= 11 is 0. The number of rotatable bonds is 6. The lowest BCUT2D eigenvalue weighted by Crippen LogP contribution is -2.33. The van der Waals surface area contributed by atoms with Crippen molar-refractivity contribution in [1.82, 2.24) is 0 Å². The van der Waals surface area contributed by atoms with Crippen LogP contribution in [0.15, 0.2) is 0 Å². The van der Waals surface area contributed by atoms with Gasteiger partial charge in [0.25, 0.3) is 0 Å². The van der Waals surface area contributed by atoms with Crippen molar-refractivity contribution in [3.63, 3.8) is 0 Å². The molecule has 0 N–H and O–H groups in total. The minimum absolute atomic E-state index is 0.632. The molecule has 0 aromatic carbocycles. The second-order valence-corrected chi connectivity index (χ2v) is 9.63. The quantitative estimate of drug-likeness (QED) is 0.467. The molecule has 0 aromatic rings. The first kappa shape index (κ1) is 19.3. The van der Waals surface area contributed by atoms with Crippen LogP contribution in [0.5, 0.6) is 0 Å². The molecule has 2 rings (SSSR count). The van der Waals surface area contributed by atoms with Gasteiger partial charge in [0.2, 0.25) is 0 Å². The molecule has 4 unspecified atom stereocenters. The highest BCUT2D eigenvalue weighted by atomic mass is 14.5. The molecule has 0 radical (unpaired) electrons. The van der Waals surface area contributed by atoms with E-state index in [4.69, 9.17) is 0 Å². The van der Waals surface area contributed by atoms with Crippen LogP contribution < -0.4 is 0 Å². The van der Waals surface area contributed by atoms with Gasteiger partial charge in [-0.1, -0.05) is 79.6 Å². The van der Waals surface area contributed by atoms with E-state index in [0.717, 1.165) is 29.6 Å². The zero-order chi connectivity index (χ0) is 16.9. The Bertz CT molecular complexity index is 331. The van der Waals surface area contributed by atoms with E-state index in [9.17, 15) is 0 Å². The van der Waals surface area contributed by atoms with Crippen molar-refractivity contribution in [1.29, 1.82) is 0 Å². The average molecular weight is 321 g/mol. The molecule has 0 nitrogen and oxygen atoms in total. The molecule has 0 bridgehead atoms. The summed E-state index contributed by atoms with van der Waals surface area (Å²) in [4.78, 5) is 0. The maximum Gasteiger partial charge on any atom is -0.0267 e. The van der Waals surface area contributed by atoms with Crippen LogP contribution in [0.1, 0.15) is 112 Å². The van der Waals surface area contributed by atoms with Crippen LogP contribution in [-0.2, 0) is 0 Å². The van der Waals surface area contributed by atoms with E-state index in [0.29, 0.717) is 5.41 Å². The van der Waals surface area contributed by atoms with Crippen LogP contribution in [0, 0.1) is 35.0 Å². The Labute approximate surface area is 147 Å². The molecule has 0 aromatic heterocycles. The molecule has 0 heterocycles. The van der Waals surface area contributed by atoms with Crippen molar-refractivity contribution in [2.45, 2.75) is 112 Å². The first-order valence-electron chi connectivity index (χ1n) is 11.0. The summed E-state index contributed by atoms with van der Waals surface area (Å²) in [7, 11) is 0. The van der Waals surface area contributed by atoms with Crippen molar-refractivity contribution in [2.24, 2.45) is 35.0 Å². The molecular weight excluding hydrogens is 276 g/mol. The van der Waals surface area contributed by atoms with E-state index in [1.54, 1.807) is 12.8 Å². The molecule has 0 heteroatoms. The molecule has 136 valence electrons. The van der Waals surface area contributed by atoms with E-state index >= 15 is 0 Å². The van der Waals surface area contributed by atoms with Crippen LogP contribution in [0.25, 0.3) is 0 Å². The largest absolute Gasteiger partial charge is 0.0654 e. The number of hydrogen-bond acceptors (Lipinski definition) is 0. The van der Waals surface area contributed by atoms with Crippen molar-refractivity contribution >= 4 is 0 Å². The smallest absolute Gasteiger partial charge is 0.0267 e. The Hall–Kier alpha value is 0. The second-order valence-electron chi connectivity index (χ2n) is 9.63. The highest BCUT2D eigenvalue weighted by Crippen LogP contribution is 2.56. The molecule has 2 aliphatic carbocycles. The van der Waals surface area contributed by atoms with Crippen LogP contribution >= 0.6 is 0 Å². The summed E-state index contributed by atoms with van der Waals surface area (Å²) in [6, 6.07) is 0. The van der Waals surface area contributed by atoms with Crippen molar-refractivity contribution in [2.75, 3.05) is 0 Å². The predicted octanol–water partition coefficient (Wildman–Crippen LogP) is 7.86. The summed E-state index contributed by atoms with van der Waals surface area (Å²) < 4.78 is 0. The van der Waals surface area contributed by atoms with E-state index in [2.05, 4.69) is 34.6 Å². The van der Waals surface area contributed by atoms with Crippen LogP contribution in [0.4, 0.5) is 0 Å². The molecule has 0 saturated heterocycles. The average Bonchev–Trinajstić information content (AvgIpc) is 2.79. The molecular formula is C23H44. The van der Waals surface area contributed by atoms with E-state index in [1.165, 1.54) is 64.2 Å². The van der Waals surface area contributed by atoms with Crippen molar-refractivity contribution in [3.8, 4) is 0 Å². The first-order chi connectivity index (χ1) is 11.0. The zero-order valence-electron chi connectivity index (χ0n) is 16.9. The lowest BCUT2D eigenvalue weighted by Gasteiger charge is -2.41. The van der Waals surface area contributed by atoms with Gasteiger partial charge in [-0.05, 0) is 67.1 Å². The van der Waals surface area contributed by atoms with Gasteiger partial charge in [-0.25, -0.2) is 0 Å². The van der Waals surface area contributed by atoms with Gasteiger partial charge in [0.1, 0.15) is 0 Å². The molecule has 2 aliphatic rings. The van der Waals surface area contributed by atoms with Gasteiger partial charge in [-0.3, -0.25) is 0 Å². The molecule has 5 atom stereocenters. The molecule has 0 aliphatic heterocycles. The Morgan fingerprint density at radius 1 is 0.913 bits per heavy atom. The van der Waals surface area contributed by atoms with Crippen molar-refractivity contribution < 1.29 is 0 Å². The Morgan fingerprint density at radius 3 is 2.22 bits per heavy atom. The van der Waals surface area contributed by atoms with Crippen molar-refractivity contribution in [3.05, 3.63) is 0 Å². The van der Waals surface area contributed by atoms with Gasteiger partial charge in [0.05, 0.1) is 0 Å². The highest BCUT2D eigenvalue weighted by Gasteiger charge is 2.47. The third-order valence-electron chi connectivity index (χ3n) is 7.79. The maximum absolute atomic E-state index is 2.67. The minimum Gasteiger partial charge on any atom is -0.0654 e. The van der Waals surface area contributed by atoms with Gasteiger partial charge < -0.3 is 0 Å². The van der Waals surface area contributed by atoms with Gasteiger partial charge in [0, 0.05) is 0 Å². The van der Waals surface area contributed by atoms with E-state index in [1.807, 2.05) is 0 Å². The third-order valence-corrected chi connectivity index (χ3v) is 7.79. The SMILES string of the molecule is CCCC1(C)C(CC2CCCCC[C@H](CC)C2)CCC1C(C)C.